The van der Waals surface area contributed by atoms with E-state index in [1.54, 1.807) is 12.4 Å². The number of amides is 1. The van der Waals surface area contributed by atoms with Gasteiger partial charge in [-0.05, 0) is 26.0 Å². The Hall–Kier alpha value is -2.15. The summed E-state index contributed by atoms with van der Waals surface area (Å²) in [6.07, 6.45) is 4.08. The molecule has 0 saturated carbocycles. The maximum Gasteiger partial charge on any atom is 0.228 e. The fraction of sp³-hybridized carbons (Fsp3) is 0.500. The van der Waals surface area contributed by atoms with E-state index in [9.17, 15) is 4.79 Å². The summed E-state index contributed by atoms with van der Waals surface area (Å²) in [5.41, 5.74) is 0.819. The third-order valence-corrected chi connectivity index (χ3v) is 4.36. The first-order chi connectivity index (χ1) is 11.5. The number of hydrogen-bond donors (Lipinski definition) is 0. The Kier molecular flexibility index (Phi) is 4.99. The van der Waals surface area contributed by atoms with Crippen LogP contribution >= 0.6 is 11.6 Å². The van der Waals surface area contributed by atoms with Crippen LogP contribution in [0.5, 0.6) is 0 Å². The van der Waals surface area contributed by atoms with Crippen molar-refractivity contribution in [2.24, 2.45) is 0 Å². The molecule has 0 bridgehead atoms. The molecular weight excluding hydrogens is 328 g/mol. The van der Waals surface area contributed by atoms with Crippen LogP contribution in [0.4, 0.5) is 5.82 Å². The Morgan fingerprint density at radius 3 is 2.54 bits per heavy atom. The van der Waals surface area contributed by atoms with Gasteiger partial charge in [0, 0.05) is 38.4 Å². The van der Waals surface area contributed by atoms with Crippen molar-refractivity contribution < 1.29 is 4.79 Å². The summed E-state index contributed by atoms with van der Waals surface area (Å²) in [7, 11) is 0. The first-order valence-electron chi connectivity index (χ1n) is 8.07. The predicted octanol–water partition coefficient (Wildman–Crippen LogP) is 1.80. The molecule has 2 aromatic heterocycles. The number of rotatable bonds is 4. The second kappa shape index (κ2) is 7.17. The molecule has 3 heterocycles. The molecule has 1 aliphatic heterocycles. The summed E-state index contributed by atoms with van der Waals surface area (Å²) in [6, 6.07) is 3.93. The van der Waals surface area contributed by atoms with E-state index in [4.69, 9.17) is 11.6 Å². The van der Waals surface area contributed by atoms with Crippen LogP contribution in [-0.2, 0) is 11.2 Å². The van der Waals surface area contributed by atoms with E-state index in [2.05, 4.69) is 33.9 Å². The number of halogens is 1. The van der Waals surface area contributed by atoms with Crippen molar-refractivity contribution in [1.82, 2.24) is 24.6 Å². The second-order valence-corrected chi connectivity index (χ2v) is 6.55. The van der Waals surface area contributed by atoms with Crippen LogP contribution in [0, 0.1) is 0 Å². The van der Waals surface area contributed by atoms with Gasteiger partial charge in [0.25, 0.3) is 0 Å². The van der Waals surface area contributed by atoms with Crippen molar-refractivity contribution >= 4 is 23.3 Å². The van der Waals surface area contributed by atoms with E-state index in [1.165, 1.54) is 0 Å². The lowest BCUT2D eigenvalue weighted by molar-refractivity contribution is -0.130. The molecule has 0 radical (unpaired) electrons. The van der Waals surface area contributed by atoms with E-state index >= 15 is 0 Å². The SMILES string of the molecule is CC(C)n1cnc(CC(=O)N2CCN(c3ccc(Cl)nn3)CC2)c1. The molecule has 0 aromatic carbocycles. The first-order valence-corrected chi connectivity index (χ1v) is 8.45. The Morgan fingerprint density at radius 2 is 1.96 bits per heavy atom. The topological polar surface area (TPSA) is 67.2 Å². The van der Waals surface area contributed by atoms with Gasteiger partial charge in [0.15, 0.2) is 11.0 Å². The zero-order chi connectivity index (χ0) is 17.1. The van der Waals surface area contributed by atoms with Crippen molar-refractivity contribution in [3.8, 4) is 0 Å². The molecule has 3 rings (SSSR count). The van der Waals surface area contributed by atoms with E-state index in [1.807, 2.05) is 21.7 Å². The third kappa shape index (κ3) is 3.84. The minimum atomic E-state index is 0.117. The fourth-order valence-corrected chi connectivity index (χ4v) is 2.78. The van der Waals surface area contributed by atoms with Crippen molar-refractivity contribution in [1.29, 1.82) is 0 Å². The zero-order valence-corrected chi connectivity index (χ0v) is 14.6. The van der Waals surface area contributed by atoms with Crippen molar-refractivity contribution in [3.63, 3.8) is 0 Å². The standard InChI is InChI=1S/C16H21ClN6O/c1-12(2)23-10-13(18-11-23)9-16(24)22-7-5-21(6-8-22)15-4-3-14(17)19-20-15/h3-4,10-12H,5-9H2,1-2H3. The van der Waals surface area contributed by atoms with Crippen LogP contribution in [0.25, 0.3) is 0 Å². The molecule has 1 amide bonds. The summed E-state index contributed by atoms with van der Waals surface area (Å²) in [5, 5.41) is 8.33. The van der Waals surface area contributed by atoms with Gasteiger partial charge in [-0.15, -0.1) is 10.2 Å². The summed E-state index contributed by atoms with van der Waals surface area (Å²) in [6.45, 7) is 7.01. The lowest BCUT2D eigenvalue weighted by Gasteiger charge is -2.35. The number of piperazine rings is 1. The number of imidazole rings is 1. The highest BCUT2D eigenvalue weighted by Gasteiger charge is 2.22. The molecule has 0 aliphatic carbocycles. The molecule has 128 valence electrons. The molecule has 7 nitrogen and oxygen atoms in total. The van der Waals surface area contributed by atoms with Gasteiger partial charge in [0.1, 0.15) is 0 Å². The second-order valence-electron chi connectivity index (χ2n) is 6.16. The van der Waals surface area contributed by atoms with Crippen LogP contribution in [-0.4, -0.2) is 56.7 Å². The molecule has 24 heavy (non-hydrogen) atoms. The van der Waals surface area contributed by atoms with Gasteiger partial charge >= 0.3 is 0 Å². The van der Waals surface area contributed by atoms with Gasteiger partial charge in [0.05, 0.1) is 18.4 Å². The van der Waals surface area contributed by atoms with E-state index in [0.717, 1.165) is 24.6 Å². The van der Waals surface area contributed by atoms with Gasteiger partial charge < -0.3 is 14.4 Å². The van der Waals surface area contributed by atoms with E-state index in [-0.39, 0.29) is 5.91 Å². The van der Waals surface area contributed by atoms with Gasteiger partial charge in [0.2, 0.25) is 5.91 Å². The molecule has 2 aromatic rings. The average molecular weight is 349 g/mol. The Balaban J connectivity index is 1.53. The number of carbonyl (C=O) groups excluding carboxylic acids is 1. The smallest absolute Gasteiger partial charge is 0.228 e. The van der Waals surface area contributed by atoms with Crippen LogP contribution in [0.3, 0.4) is 0 Å². The average Bonchev–Trinajstić information content (AvgIpc) is 3.04. The molecular formula is C16H21ClN6O. The van der Waals surface area contributed by atoms with E-state index < -0.39 is 0 Å². The van der Waals surface area contributed by atoms with Crippen LogP contribution in [0.1, 0.15) is 25.6 Å². The number of carbonyl (C=O) groups is 1. The summed E-state index contributed by atoms with van der Waals surface area (Å²) < 4.78 is 2.01. The molecule has 0 atom stereocenters. The van der Waals surface area contributed by atoms with Crippen LogP contribution < -0.4 is 4.90 Å². The third-order valence-electron chi connectivity index (χ3n) is 4.16. The highest BCUT2D eigenvalue weighted by molar-refractivity contribution is 6.29. The minimum Gasteiger partial charge on any atom is -0.352 e. The summed E-state index contributed by atoms with van der Waals surface area (Å²) >= 11 is 5.76. The summed E-state index contributed by atoms with van der Waals surface area (Å²) in [4.78, 5) is 20.8. The van der Waals surface area contributed by atoms with Crippen molar-refractivity contribution in [2.45, 2.75) is 26.3 Å². The van der Waals surface area contributed by atoms with Crippen LogP contribution in [0.15, 0.2) is 24.7 Å². The van der Waals surface area contributed by atoms with Crippen molar-refractivity contribution in [2.75, 3.05) is 31.1 Å². The highest BCUT2D eigenvalue weighted by Crippen LogP contribution is 2.15. The first kappa shape index (κ1) is 16.7. The maximum atomic E-state index is 12.4. The Labute approximate surface area is 146 Å². The number of nitrogens with zero attached hydrogens (tertiary/aromatic N) is 6. The maximum absolute atomic E-state index is 12.4. The van der Waals surface area contributed by atoms with Gasteiger partial charge in [-0.25, -0.2) is 4.98 Å². The van der Waals surface area contributed by atoms with E-state index in [0.29, 0.717) is 30.7 Å². The Morgan fingerprint density at radius 1 is 1.21 bits per heavy atom. The molecule has 0 N–H and O–H groups in total. The molecule has 1 saturated heterocycles. The largest absolute Gasteiger partial charge is 0.352 e. The fourth-order valence-electron chi connectivity index (χ4n) is 2.68. The van der Waals surface area contributed by atoms with Gasteiger partial charge in [-0.1, -0.05) is 11.6 Å². The van der Waals surface area contributed by atoms with Crippen LogP contribution in [0.2, 0.25) is 5.15 Å². The van der Waals surface area contributed by atoms with Crippen molar-refractivity contribution in [3.05, 3.63) is 35.5 Å². The quantitative estimate of drug-likeness (QED) is 0.842. The molecule has 8 heteroatoms. The zero-order valence-electron chi connectivity index (χ0n) is 13.9. The normalized spacial score (nSPS) is 15.2. The molecule has 1 fully saturated rings. The Bertz CT molecular complexity index is 691. The molecule has 1 aliphatic rings. The lowest BCUT2D eigenvalue weighted by atomic mass is 10.2. The number of hydrogen-bond acceptors (Lipinski definition) is 5. The minimum absolute atomic E-state index is 0.117. The highest BCUT2D eigenvalue weighted by atomic mass is 35.5. The number of aromatic nitrogens is 4. The number of anilines is 1. The molecule has 0 unspecified atom stereocenters. The predicted molar refractivity (Wildman–Crippen MR) is 92.2 cm³/mol. The van der Waals surface area contributed by atoms with Gasteiger partial charge in [-0.2, -0.15) is 0 Å². The van der Waals surface area contributed by atoms with Gasteiger partial charge in [-0.3, -0.25) is 4.79 Å². The molecule has 0 spiro atoms. The summed E-state index contributed by atoms with van der Waals surface area (Å²) in [5.74, 6) is 0.910. The monoisotopic (exact) mass is 348 g/mol. The lowest BCUT2D eigenvalue weighted by Crippen LogP contribution is -2.49.